The Bertz CT molecular complexity index is 993. The van der Waals surface area contributed by atoms with Crippen LogP contribution in [-0.2, 0) is 24.7 Å². The van der Waals surface area contributed by atoms with Crippen molar-refractivity contribution in [2.24, 2.45) is 5.14 Å². The monoisotopic (exact) mass is 398 g/mol. The first kappa shape index (κ1) is 18.2. The SMILES string of the molecule is CS(=O)(=O)c1cc(=O)c(C2(Cl)C=C(Cl)C=C(S(N)(=O)=O)C2)c[nH]1. The van der Waals surface area contributed by atoms with Gasteiger partial charge < -0.3 is 4.98 Å². The number of hydrogen-bond acceptors (Lipinski definition) is 5. The summed E-state index contributed by atoms with van der Waals surface area (Å²) in [5, 5.41) is 4.81. The first-order valence-electron chi connectivity index (χ1n) is 6.07. The average Bonchev–Trinajstić information content (AvgIpc) is 2.35. The maximum Gasteiger partial charge on any atom is 0.234 e. The molecular weight excluding hydrogens is 387 g/mol. The molecule has 0 saturated heterocycles. The molecule has 0 radical (unpaired) electrons. The number of aromatic nitrogens is 1. The predicted octanol–water partition coefficient (Wildman–Crippen LogP) is 0.911. The average molecular weight is 399 g/mol. The lowest BCUT2D eigenvalue weighted by Gasteiger charge is -2.27. The molecule has 0 aliphatic heterocycles. The predicted molar refractivity (Wildman–Crippen MR) is 87.4 cm³/mol. The molecule has 0 bridgehead atoms. The highest BCUT2D eigenvalue weighted by Crippen LogP contribution is 2.41. The third kappa shape index (κ3) is 3.86. The van der Waals surface area contributed by atoms with Gasteiger partial charge in [0.15, 0.2) is 15.3 Å². The minimum Gasteiger partial charge on any atom is -0.352 e. The number of pyridine rings is 1. The molecule has 1 aromatic rings. The third-order valence-corrected chi connectivity index (χ3v) is 5.89. The number of nitrogens with one attached hydrogen (secondary N) is 1. The smallest absolute Gasteiger partial charge is 0.234 e. The molecule has 1 aliphatic rings. The molecule has 0 saturated carbocycles. The highest BCUT2D eigenvalue weighted by molar-refractivity contribution is 7.93. The number of sulfonamides is 1. The van der Waals surface area contributed by atoms with E-state index in [-0.39, 0.29) is 26.9 Å². The summed E-state index contributed by atoms with van der Waals surface area (Å²) in [6, 6.07) is 0.880. The Balaban J connectivity index is 2.59. The molecule has 2 rings (SSSR count). The molecule has 11 heteroatoms. The second kappa shape index (κ2) is 5.75. The summed E-state index contributed by atoms with van der Waals surface area (Å²) >= 11 is 12.3. The van der Waals surface area contributed by atoms with Gasteiger partial charge in [-0.2, -0.15) is 0 Å². The summed E-state index contributed by atoms with van der Waals surface area (Å²) in [5.41, 5.74) is -0.713. The standard InChI is InChI=1S/C12H12Cl2N2O5S2/c1-22(18,19)11-3-10(17)9(6-16-11)12(14)4-7(13)2-8(5-12)23(15,20)21/h2-4,6H,5H2,1H3,(H,16,17)(H2,15,20,21). The summed E-state index contributed by atoms with van der Waals surface area (Å²) in [6.07, 6.45) is 4.23. The summed E-state index contributed by atoms with van der Waals surface area (Å²) in [5.74, 6) is 0. The number of allylic oxidation sites excluding steroid dienone is 4. The normalized spacial score (nSPS) is 22.4. The van der Waals surface area contributed by atoms with Gasteiger partial charge in [-0.05, 0) is 12.2 Å². The minimum absolute atomic E-state index is 0.00173. The van der Waals surface area contributed by atoms with E-state index in [0.29, 0.717) is 0 Å². The van der Waals surface area contributed by atoms with Gasteiger partial charge in [-0.25, -0.2) is 22.0 Å². The van der Waals surface area contributed by atoms with E-state index >= 15 is 0 Å². The fourth-order valence-corrected chi connectivity index (χ4v) is 4.36. The van der Waals surface area contributed by atoms with Crippen molar-refractivity contribution in [3.8, 4) is 0 Å². The summed E-state index contributed by atoms with van der Waals surface area (Å²) in [6.45, 7) is 0. The number of hydrogen-bond donors (Lipinski definition) is 2. The van der Waals surface area contributed by atoms with E-state index < -0.39 is 30.2 Å². The highest BCUT2D eigenvalue weighted by atomic mass is 35.5. The van der Waals surface area contributed by atoms with E-state index in [1.165, 1.54) is 6.08 Å². The van der Waals surface area contributed by atoms with E-state index in [0.717, 1.165) is 24.6 Å². The first-order chi connectivity index (χ1) is 10.3. The molecule has 0 spiro atoms. The van der Waals surface area contributed by atoms with Crippen LogP contribution >= 0.6 is 23.2 Å². The zero-order valence-corrected chi connectivity index (χ0v) is 14.9. The lowest BCUT2D eigenvalue weighted by Crippen LogP contribution is -2.30. The molecule has 23 heavy (non-hydrogen) atoms. The van der Waals surface area contributed by atoms with Crippen molar-refractivity contribution >= 4 is 43.1 Å². The van der Waals surface area contributed by atoms with Crippen molar-refractivity contribution in [1.29, 1.82) is 0 Å². The maximum absolute atomic E-state index is 12.2. The van der Waals surface area contributed by atoms with Crippen LogP contribution in [0.4, 0.5) is 0 Å². The van der Waals surface area contributed by atoms with Crippen molar-refractivity contribution in [2.45, 2.75) is 16.3 Å². The molecule has 1 unspecified atom stereocenters. The van der Waals surface area contributed by atoms with E-state index in [4.69, 9.17) is 28.3 Å². The lowest BCUT2D eigenvalue weighted by molar-refractivity contribution is 0.597. The topological polar surface area (TPSA) is 127 Å². The van der Waals surface area contributed by atoms with Crippen LogP contribution in [0, 0.1) is 0 Å². The number of aromatic amines is 1. The molecule has 1 heterocycles. The number of sulfone groups is 1. The Morgan fingerprint density at radius 1 is 1.30 bits per heavy atom. The lowest BCUT2D eigenvalue weighted by atomic mass is 9.92. The Kier molecular flexibility index (Phi) is 4.55. The number of rotatable bonds is 3. The number of halogens is 2. The van der Waals surface area contributed by atoms with Crippen LogP contribution in [0.25, 0.3) is 0 Å². The van der Waals surface area contributed by atoms with Gasteiger partial charge in [-0.3, -0.25) is 4.79 Å². The van der Waals surface area contributed by atoms with Gasteiger partial charge in [0, 0.05) is 35.5 Å². The zero-order valence-electron chi connectivity index (χ0n) is 11.7. The zero-order chi connectivity index (χ0) is 17.6. The third-order valence-electron chi connectivity index (χ3n) is 3.20. The van der Waals surface area contributed by atoms with E-state index in [1.807, 2.05) is 0 Å². The fourth-order valence-electron chi connectivity index (χ4n) is 2.12. The van der Waals surface area contributed by atoms with Gasteiger partial charge in [-0.1, -0.05) is 11.6 Å². The molecule has 0 amide bonds. The largest absolute Gasteiger partial charge is 0.352 e. The first-order valence-corrected chi connectivity index (χ1v) is 10.3. The van der Waals surface area contributed by atoms with Crippen LogP contribution in [0.5, 0.6) is 0 Å². The van der Waals surface area contributed by atoms with Gasteiger partial charge in [0.25, 0.3) is 0 Å². The summed E-state index contributed by atoms with van der Waals surface area (Å²) in [7, 11) is -7.64. The quantitative estimate of drug-likeness (QED) is 0.731. The van der Waals surface area contributed by atoms with Crippen LogP contribution in [0.2, 0.25) is 0 Å². The van der Waals surface area contributed by atoms with E-state index in [2.05, 4.69) is 4.98 Å². The Morgan fingerprint density at radius 2 is 1.91 bits per heavy atom. The molecule has 1 atom stereocenters. The van der Waals surface area contributed by atoms with Crippen LogP contribution < -0.4 is 10.6 Å². The second-order valence-corrected chi connectivity index (χ2v) is 9.78. The molecule has 1 aliphatic carbocycles. The maximum atomic E-state index is 12.2. The number of nitrogens with two attached hydrogens (primary N) is 1. The minimum atomic E-state index is -4.04. The Morgan fingerprint density at radius 3 is 2.39 bits per heavy atom. The molecule has 7 nitrogen and oxygen atoms in total. The van der Waals surface area contributed by atoms with Crippen LogP contribution in [-0.4, -0.2) is 28.1 Å². The molecule has 1 aromatic heterocycles. The van der Waals surface area contributed by atoms with Gasteiger partial charge in [0.1, 0.15) is 5.03 Å². The van der Waals surface area contributed by atoms with E-state index in [9.17, 15) is 21.6 Å². The summed E-state index contributed by atoms with van der Waals surface area (Å²) < 4.78 is 45.9. The number of alkyl halides is 1. The van der Waals surface area contributed by atoms with Gasteiger partial charge in [0.05, 0.1) is 9.78 Å². The van der Waals surface area contributed by atoms with Crippen LogP contribution in [0.15, 0.2) is 44.2 Å². The molecule has 3 N–H and O–H groups in total. The molecular formula is C12H12Cl2N2O5S2. The second-order valence-electron chi connectivity index (χ2n) is 5.07. The number of primary sulfonamides is 1. The molecule has 0 fully saturated rings. The molecule has 126 valence electrons. The van der Waals surface area contributed by atoms with Crippen LogP contribution in [0.3, 0.4) is 0 Å². The van der Waals surface area contributed by atoms with Crippen molar-refractivity contribution in [2.75, 3.05) is 6.26 Å². The van der Waals surface area contributed by atoms with Gasteiger partial charge in [0.2, 0.25) is 10.0 Å². The van der Waals surface area contributed by atoms with Gasteiger partial charge in [-0.15, -0.1) is 11.6 Å². The van der Waals surface area contributed by atoms with Crippen LogP contribution in [0.1, 0.15) is 12.0 Å². The van der Waals surface area contributed by atoms with Crippen molar-refractivity contribution in [3.63, 3.8) is 0 Å². The van der Waals surface area contributed by atoms with Crippen molar-refractivity contribution in [3.05, 3.63) is 50.1 Å². The Labute approximate surface area is 142 Å². The molecule has 0 aromatic carbocycles. The van der Waals surface area contributed by atoms with Crippen molar-refractivity contribution in [1.82, 2.24) is 4.98 Å². The van der Waals surface area contributed by atoms with E-state index in [1.54, 1.807) is 0 Å². The number of H-pyrrole nitrogens is 1. The van der Waals surface area contributed by atoms with Gasteiger partial charge >= 0.3 is 0 Å². The van der Waals surface area contributed by atoms with Crippen molar-refractivity contribution < 1.29 is 16.8 Å². The Hall–Kier alpha value is -1.13. The summed E-state index contributed by atoms with van der Waals surface area (Å²) in [4.78, 5) is 12.9. The highest BCUT2D eigenvalue weighted by Gasteiger charge is 2.37. The fraction of sp³-hybridized carbons (Fsp3) is 0.250.